The molecule has 19 heavy (non-hydrogen) atoms. The van der Waals surface area contributed by atoms with Crippen LogP contribution in [0, 0.1) is 0 Å². The van der Waals surface area contributed by atoms with E-state index in [-0.39, 0.29) is 5.91 Å². The van der Waals surface area contributed by atoms with Gasteiger partial charge in [-0.2, -0.15) is 5.10 Å². The molecule has 0 saturated heterocycles. The second kappa shape index (κ2) is 6.67. The number of benzene rings is 1. The van der Waals surface area contributed by atoms with Crippen LogP contribution in [0.4, 0.5) is 0 Å². The summed E-state index contributed by atoms with van der Waals surface area (Å²) in [5, 5.41) is 6.76. The fraction of sp³-hybridized carbons (Fsp3) is 0.231. The number of aromatic amines is 1. The molecule has 1 aromatic carbocycles. The number of H-pyrrole nitrogens is 1. The van der Waals surface area contributed by atoms with Gasteiger partial charge in [-0.25, -0.2) is 5.48 Å². The molecule has 100 valence electrons. The molecule has 1 amide bonds. The first-order chi connectivity index (χ1) is 9.31. The van der Waals surface area contributed by atoms with Crippen molar-refractivity contribution < 1.29 is 14.4 Å². The largest absolute Gasteiger partial charge is 0.382 e. The summed E-state index contributed by atoms with van der Waals surface area (Å²) in [6, 6.07) is 11.3. The average Bonchev–Trinajstić information content (AvgIpc) is 2.94. The van der Waals surface area contributed by atoms with Crippen LogP contribution in [0.25, 0.3) is 11.3 Å². The number of hydrogen-bond donors (Lipinski definition) is 2. The summed E-state index contributed by atoms with van der Waals surface area (Å²) in [6.07, 6.45) is 0. The van der Waals surface area contributed by atoms with Crippen LogP contribution in [0.15, 0.2) is 36.4 Å². The Morgan fingerprint density at radius 1 is 1.32 bits per heavy atom. The first-order valence-electron chi connectivity index (χ1n) is 5.83. The van der Waals surface area contributed by atoms with Gasteiger partial charge in [-0.15, -0.1) is 0 Å². The minimum atomic E-state index is -0.370. The number of rotatable bonds is 6. The fourth-order valence-corrected chi connectivity index (χ4v) is 1.49. The summed E-state index contributed by atoms with van der Waals surface area (Å²) in [5.41, 5.74) is 4.31. The van der Waals surface area contributed by atoms with E-state index in [1.807, 2.05) is 30.3 Å². The third kappa shape index (κ3) is 3.64. The van der Waals surface area contributed by atoms with Crippen molar-refractivity contribution in [3.05, 3.63) is 42.1 Å². The van der Waals surface area contributed by atoms with Gasteiger partial charge in [-0.05, 0) is 6.07 Å². The molecule has 6 heteroatoms. The Labute approximate surface area is 110 Å². The second-order valence-corrected chi connectivity index (χ2v) is 3.81. The Kier molecular flexibility index (Phi) is 4.66. The van der Waals surface area contributed by atoms with Gasteiger partial charge >= 0.3 is 0 Å². The van der Waals surface area contributed by atoms with Crippen molar-refractivity contribution in [2.45, 2.75) is 0 Å². The van der Waals surface area contributed by atoms with Gasteiger partial charge in [0.2, 0.25) is 0 Å². The van der Waals surface area contributed by atoms with E-state index in [0.29, 0.717) is 24.6 Å². The number of carbonyl (C=O) groups excluding carboxylic acids is 1. The third-order valence-electron chi connectivity index (χ3n) is 2.45. The van der Waals surface area contributed by atoms with Gasteiger partial charge < -0.3 is 4.74 Å². The molecular formula is C13H15N3O3. The topological polar surface area (TPSA) is 76.2 Å². The molecule has 2 N–H and O–H groups in total. The zero-order valence-corrected chi connectivity index (χ0v) is 10.6. The predicted octanol–water partition coefficient (Wildman–Crippen LogP) is 1.38. The molecule has 0 aliphatic rings. The molecule has 1 heterocycles. The van der Waals surface area contributed by atoms with E-state index in [4.69, 9.17) is 9.57 Å². The summed E-state index contributed by atoms with van der Waals surface area (Å²) in [5.74, 6) is -0.370. The molecule has 2 rings (SSSR count). The lowest BCUT2D eigenvalue weighted by molar-refractivity contribution is 0.00858. The number of nitrogens with zero attached hydrogens (tertiary/aromatic N) is 1. The van der Waals surface area contributed by atoms with Crippen molar-refractivity contribution in [2.24, 2.45) is 0 Å². The van der Waals surface area contributed by atoms with E-state index in [9.17, 15) is 4.79 Å². The van der Waals surface area contributed by atoms with Crippen LogP contribution in [-0.2, 0) is 9.57 Å². The van der Waals surface area contributed by atoms with E-state index < -0.39 is 0 Å². The van der Waals surface area contributed by atoms with Crippen LogP contribution >= 0.6 is 0 Å². The van der Waals surface area contributed by atoms with Gasteiger partial charge in [0.25, 0.3) is 5.91 Å². The zero-order valence-electron chi connectivity index (χ0n) is 10.6. The van der Waals surface area contributed by atoms with Crippen LogP contribution in [0.1, 0.15) is 10.5 Å². The normalized spacial score (nSPS) is 10.4. The summed E-state index contributed by atoms with van der Waals surface area (Å²) in [4.78, 5) is 16.6. The van der Waals surface area contributed by atoms with Crippen LogP contribution in [0.2, 0.25) is 0 Å². The summed E-state index contributed by atoms with van der Waals surface area (Å²) in [6.45, 7) is 0.709. The van der Waals surface area contributed by atoms with E-state index >= 15 is 0 Å². The molecule has 0 aliphatic heterocycles. The molecule has 0 atom stereocenters. The number of amides is 1. The second-order valence-electron chi connectivity index (χ2n) is 3.81. The van der Waals surface area contributed by atoms with Gasteiger partial charge in [0.05, 0.1) is 18.9 Å². The summed E-state index contributed by atoms with van der Waals surface area (Å²) < 4.78 is 4.79. The highest BCUT2D eigenvalue weighted by molar-refractivity contribution is 5.92. The number of hydrogen-bond acceptors (Lipinski definition) is 4. The number of carbonyl (C=O) groups is 1. The lowest BCUT2D eigenvalue weighted by Crippen LogP contribution is -2.25. The van der Waals surface area contributed by atoms with Gasteiger partial charge in [0.1, 0.15) is 5.69 Å². The molecule has 6 nitrogen and oxygen atoms in total. The first-order valence-corrected chi connectivity index (χ1v) is 5.83. The van der Waals surface area contributed by atoms with Crippen LogP contribution in [0.5, 0.6) is 0 Å². The maximum Gasteiger partial charge on any atom is 0.292 e. The number of hydroxylamine groups is 1. The first kappa shape index (κ1) is 13.3. The Morgan fingerprint density at radius 2 is 2.11 bits per heavy atom. The van der Waals surface area contributed by atoms with Gasteiger partial charge in [0, 0.05) is 12.7 Å². The lowest BCUT2D eigenvalue weighted by atomic mass is 10.1. The number of aromatic nitrogens is 2. The molecule has 0 unspecified atom stereocenters. The number of ether oxygens (including phenoxy) is 1. The van der Waals surface area contributed by atoms with Gasteiger partial charge in [-0.3, -0.25) is 14.7 Å². The van der Waals surface area contributed by atoms with Crippen molar-refractivity contribution in [2.75, 3.05) is 20.3 Å². The van der Waals surface area contributed by atoms with Crippen molar-refractivity contribution in [3.8, 4) is 11.3 Å². The third-order valence-corrected chi connectivity index (χ3v) is 2.45. The molecule has 2 aromatic rings. The number of methoxy groups -OCH3 is 1. The zero-order chi connectivity index (χ0) is 13.5. The molecule has 0 fully saturated rings. The number of nitrogens with one attached hydrogen (secondary N) is 2. The fourth-order valence-electron chi connectivity index (χ4n) is 1.49. The Bertz CT molecular complexity index is 525. The van der Waals surface area contributed by atoms with Crippen molar-refractivity contribution >= 4 is 5.91 Å². The highest BCUT2D eigenvalue weighted by Crippen LogP contribution is 2.16. The maximum absolute atomic E-state index is 11.7. The molecular weight excluding hydrogens is 246 g/mol. The maximum atomic E-state index is 11.7. The van der Waals surface area contributed by atoms with Crippen LogP contribution < -0.4 is 5.48 Å². The Balaban J connectivity index is 1.95. The summed E-state index contributed by atoms with van der Waals surface area (Å²) >= 11 is 0. The minimum Gasteiger partial charge on any atom is -0.382 e. The Morgan fingerprint density at radius 3 is 2.84 bits per heavy atom. The van der Waals surface area contributed by atoms with E-state index in [2.05, 4.69) is 15.7 Å². The minimum absolute atomic E-state index is 0.294. The molecule has 0 bridgehead atoms. The monoisotopic (exact) mass is 261 g/mol. The molecule has 0 spiro atoms. The van der Waals surface area contributed by atoms with Crippen molar-refractivity contribution in [1.29, 1.82) is 0 Å². The van der Waals surface area contributed by atoms with E-state index in [0.717, 1.165) is 5.56 Å². The molecule has 0 radical (unpaired) electrons. The van der Waals surface area contributed by atoms with E-state index in [1.54, 1.807) is 13.2 Å². The standard InChI is InChI=1S/C13H15N3O3/c1-18-7-8-19-16-13(17)12-9-11(14-15-12)10-5-3-2-4-6-10/h2-6,9H,7-8H2,1H3,(H,14,15)(H,16,17). The summed E-state index contributed by atoms with van der Waals surface area (Å²) in [7, 11) is 1.56. The SMILES string of the molecule is COCCONC(=O)c1cc(-c2ccccc2)n[nH]1. The predicted molar refractivity (Wildman–Crippen MR) is 69.3 cm³/mol. The van der Waals surface area contributed by atoms with Crippen LogP contribution in [-0.4, -0.2) is 36.4 Å². The lowest BCUT2D eigenvalue weighted by Gasteiger charge is -2.02. The highest BCUT2D eigenvalue weighted by Gasteiger charge is 2.10. The average molecular weight is 261 g/mol. The highest BCUT2D eigenvalue weighted by atomic mass is 16.7. The Hall–Kier alpha value is -2.18. The molecule has 0 aliphatic carbocycles. The quantitative estimate of drug-likeness (QED) is 0.608. The smallest absolute Gasteiger partial charge is 0.292 e. The molecule has 1 aromatic heterocycles. The molecule has 0 saturated carbocycles. The van der Waals surface area contributed by atoms with Gasteiger partial charge in [0.15, 0.2) is 0 Å². The van der Waals surface area contributed by atoms with E-state index in [1.165, 1.54) is 0 Å². The van der Waals surface area contributed by atoms with Gasteiger partial charge in [-0.1, -0.05) is 30.3 Å². The van der Waals surface area contributed by atoms with Crippen LogP contribution in [0.3, 0.4) is 0 Å². The van der Waals surface area contributed by atoms with Crippen molar-refractivity contribution in [1.82, 2.24) is 15.7 Å². The van der Waals surface area contributed by atoms with Crippen molar-refractivity contribution in [3.63, 3.8) is 0 Å².